The van der Waals surface area contributed by atoms with E-state index in [1.54, 1.807) is 24.3 Å². The summed E-state index contributed by atoms with van der Waals surface area (Å²) in [5.74, 6) is -2.23. The first kappa shape index (κ1) is 17.5. The summed E-state index contributed by atoms with van der Waals surface area (Å²) in [4.78, 5) is -0.438. The fraction of sp³-hybridized carbons (Fsp3) is 0.176. The molecule has 5 nitrogen and oxygen atoms in total. The van der Waals surface area contributed by atoms with E-state index in [0.717, 1.165) is 17.5 Å². The van der Waals surface area contributed by atoms with Crippen LogP contribution in [-0.2, 0) is 15.6 Å². The third-order valence-electron chi connectivity index (χ3n) is 3.76. The molecule has 0 fully saturated rings. The number of hydrogen-bond donors (Lipinski definition) is 2. The van der Waals surface area contributed by atoms with Crippen molar-refractivity contribution in [1.29, 1.82) is 0 Å². The quantitative estimate of drug-likeness (QED) is 0.727. The molecule has 25 heavy (non-hydrogen) atoms. The molecule has 132 valence electrons. The van der Waals surface area contributed by atoms with Gasteiger partial charge >= 0.3 is 0 Å². The summed E-state index contributed by atoms with van der Waals surface area (Å²) in [6.45, 7) is 0.979. The molecule has 1 aromatic heterocycles. The molecule has 2 aromatic carbocycles. The van der Waals surface area contributed by atoms with Crippen molar-refractivity contribution in [1.82, 2.24) is 4.72 Å². The van der Waals surface area contributed by atoms with Gasteiger partial charge in [0, 0.05) is 11.9 Å². The van der Waals surface area contributed by atoms with Crippen molar-refractivity contribution in [2.24, 2.45) is 0 Å². The summed E-state index contributed by atoms with van der Waals surface area (Å²) in [5.41, 5.74) is -1.08. The molecule has 3 aromatic rings. The van der Waals surface area contributed by atoms with Crippen molar-refractivity contribution < 1.29 is 26.7 Å². The lowest BCUT2D eigenvalue weighted by Crippen LogP contribution is -2.38. The van der Waals surface area contributed by atoms with Crippen molar-refractivity contribution in [3.05, 3.63) is 65.9 Å². The highest BCUT2D eigenvalue weighted by atomic mass is 32.2. The fourth-order valence-corrected chi connectivity index (χ4v) is 3.44. The van der Waals surface area contributed by atoms with E-state index in [1.807, 2.05) is 6.07 Å². The zero-order valence-electron chi connectivity index (χ0n) is 13.2. The molecule has 1 atom stereocenters. The van der Waals surface area contributed by atoms with Crippen LogP contribution in [0.1, 0.15) is 12.7 Å². The van der Waals surface area contributed by atoms with Crippen LogP contribution in [0.4, 0.5) is 8.78 Å². The number of para-hydroxylation sites is 1. The van der Waals surface area contributed by atoms with Gasteiger partial charge < -0.3 is 9.52 Å². The molecular formula is C17H15F2NO4S. The molecule has 0 aliphatic rings. The highest BCUT2D eigenvalue weighted by Gasteiger charge is 2.30. The maximum absolute atomic E-state index is 13.2. The van der Waals surface area contributed by atoms with Crippen molar-refractivity contribution >= 4 is 21.0 Å². The molecule has 1 heterocycles. The zero-order chi connectivity index (χ0) is 18.2. The van der Waals surface area contributed by atoms with Gasteiger partial charge in [-0.3, -0.25) is 0 Å². The highest BCUT2D eigenvalue weighted by molar-refractivity contribution is 7.89. The molecule has 0 saturated heterocycles. The number of furan rings is 1. The van der Waals surface area contributed by atoms with Gasteiger partial charge in [0.15, 0.2) is 11.6 Å². The second-order valence-corrected chi connectivity index (χ2v) is 7.59. The molecule has 0 amide bonds. The molecular weight excluding hydrogens is 352 g/mol. The minimum atomic E-state index is -4.13. The summed E-state index contributed by atoms with van der Waals surface area (Å²) in [7, 11) is -4.13. The molecule has 3 rings (SSSR count). The summed E-state index contributed by atoms with van der Waals surface area (Å²) < 4.78 is 58.3. The molecule has 1 unspecified atom stereocenters. The molecule has 0 saturated carbocycles. The fourth-order valence-electron chi connectivity index (χ4n) is 2.30. The van der Waals surface area contributed by atoms with E-state index in [4.69, 9.17) is 4.42 Å². The topological polar surface area (TPSA) is 79.5 Å². The average molecular weight is 367 g/mol. The van der Waals surface area contributed by atoms with E-state index in [9.17, 15) is 22.3 Å². The molecule has 8 heteroatoms. The van der Waals surface area contributed by atoms with Crippen LogP contribution in [0.15, 0.2) is 57.8 Å². The average Bonchev–Trinajstić information content (AvgIpc) is 3.01. The van der Waals surface area contributed by atoms with Gasteiger partial charge in [0.05, 0.1) is 4.90 Å². The van der Waals surface area contributed by atoms with E-state index >= 15 is 0 Å². The van der Waals surface area contributed by atoms with Gasteiger partial charge in [-0.15, -0.1) is 0 Å². The Kier molecular flexibility index (Phi) is 4.36. The van der Waals surface area contributed by atoms with Gasteiger partial charge in [-0.2, -0.15) is 0 Å². The smallest absolute Gasteiger partial charge is 0.240 e. The lowest BCUT2D eigenvalue weighted by Gasteiger charge is -2.21. The largest absolute Gasteiger partial charge is 0.458 e. The van der Waals surface area contributed by atoms with Crippen LogP contribution in [0, 0.1) is 11.6 Å². The van der Waals surface area contributed by atoms with E-state index in [-0.39, 0.29) is 5.76 Å². The summed E-state index contributed by atoms with van der Waals surface area (Å²) in [5, 5.41) is 11.3. The van der Waals surface area contributed by atoms with Gasteiger partial charge in [-0.1, -0.05) is 18.2 Å². The lowest BCUT2D eigenvalue weighted by molar-refractivity contribution is 0.0412. The first-order valence-corrected chi connectivity index (χ1v) is 8.83. The van der Waals surface area contributed by atoms with Crippen molar-refractivity contribution in [2.75, 3.05) is 6.54 Å². The van der Waals surface area contributed by atoms with Gasteiger partial charge in [-0.05, 0) is 37.3 Å². The number of sulfonamides is 1. The Labute approximate surface area is 142 Å². The van der Waals surface area contributed by atoms with Gasteiger partial charge in [0.2, 0.25) is 10.0 Å². The van der Waals surface area contributed by atoms with E-state index in [0.29, 0.717) is 11.6 Å². The molecule has 0 aliphatic heterocycles. The Morgan fingerprint density at radius 1 is 1.12 bits per heavy atom. The van der Waals surface area contributed by atoms with Gasteiger partial charge in [0.25, 0.3) is 0 Å². The predicted molar refractivity (Wildman–Crippen MR) is 87.3 cm³/mol. The first-order valence-electron chi connectivity index (χ1n) is 7.35. The van der Waals surface area contributed by atoms with E-state index in [2.05, 4.69) is 4.72 Å². The number of halogens is 2. The Balaban J connectivity index is 1.81. The summed E-state index contributed by atoms with van der Waals surface area (Å²) >= 11 is 0. The van der Waals surface area contributed by atoms with Crippen LogP contribution in [-0.4, -0.2) is 20.1 Å². The second-order valence-electron chi connectivity index (χ2n) is 5.82. The van der Waals surface area contributed by atoms with E-state index in [1.165, 1.54) is 6.92 Å². The second kappa shape index (κ2) is 6.21. The lowest BCUT2D eigenvalue weighted by atomic mass is 10.0. The number of fused-ring (bicyclic) bond motifs is 1. The highest BCUT2D eigenvalue weighted by Crippen LogP contribution is 2.28. The number of nitrogens with one attached hydrogen (secondary N) is 1. The Morgan fingerprint density at radius 2 is 1.84 bits per heavy atom. The number of rotatable bonds is 5. The Bertz CT molecular complexity index is 995. The minimum absolute atomic E-state index is 0.182. The van der Waals surface area contributed by atoms with Crippen LogP contribution >= 0.6 is 0 Å². The molecule has 0 aliphatic carbocycles. The monoisotopic (exact) mass is 367 g/mol. The van der Waals surface area contributed by atoms with Crippen LogP contribution in [0.25, 0.3) is 11.0 Å². The number of hydrogen-bond acceptors (Lipinski definition) is 4. The maximum Gasteiger partial charge on any atom is 0.240 e. The van der Waals surface area contributed by atoms with Crippen LogP contribution < -0.4 is 4.72 Å². The van der Waals surface area contributed by atoms with Crippen LogP contribution in [0.3, 0.4) is 0 Å². The van der Waals surface area contributed by atoms with Crippen LogP contribution in [0.2, 0.25) is 0 Å². The van der Waals surface area contributed by atoms with Crippen molar-refractivity contribution in [2.45, 2.75) is 17.4 Å². The zero-order valence-corrected chi connectivity index (χ0v) is 14.0. The van der Waals surface area contributed by atoms with Gasteiger partial charge in [0.1, 0.15) is 16.9 Å². The molecule has 0 bridgehead atoms. The van der Waals surface area contributed by atoms with Gasteiger partial charge in [-0.25, -0.2) is 21.9 Å². The predicted octanol–water partition coefficient (Wildman–Crippen LogP) is 2.90. The van der Waals surface area contributed by atoms with Crippen LogP contribution in [0.5, 0.6) is 0 Å². The van der Waals surface area contributed by atoms with Crippen molar-refractivity contribution in [3.8, 4) is 0 Å². The SMILES string of the molecule is CC(O)(CNS(=O)(=O)c1ccc(F)c(F)c1)c1cc2ccccc2o1. The standard InChI is InChI=1S/C17H15F2NO4S/c1-17(21,16-8-11-4-2-3-5-15(11)24-16)10-20-25(22,23)12-6-7-13(18)14(19)9-12/h2-9,20-21H,10H2,1H3. The molecule has 2 N–H and O–H groups in total. The molecule has 0 radical (unpaired) electrons. The normalized spacial score (nSPS) is 14.6. The molecule has 0 spiro atoms. The minimum Gasteiger partial charge on any atom is -0.458 e. The summed E-state index contributed by atoms with van der Waals surface area (Å²) in [6.07, 6.45) is 0. The summed E-state index contributed by atoms with van der Waals surface area (Å²) in [6, 6.07) is 11.0. The maximum atomic E-state index is 13.2. The Morgan fingerprint density at radius 3 is 2.52 bits per heavy atom. The number of aliphatic hydroxyl groups is 1. The number of benzene rings is 2. The Hall–Kier alpha value is -2.29. The van der Waals surface area contributed by atoms with E-state index < -0.39 is 38.7 Å². The third-order valence-corrected chi connectivity index (χ3v) is 5.16. The van der Waals surface area contributed by atoms with Crippen molar-refractivity contribution in [3.63, 3.8) is 0 Å². The first-order chi connectivity index (χ1) is 11.7. The third kappa shape index (κ3) is 3.55.